The maximum Gasteiger partial charge on any atom is 0.339 e. The number of ether oxygens (including phenoxy) is 1. The number of carbonyl (C=O) groups excluding carboxylic acids is 2. The molecule has 0 atom stereocenters. The quantitative estimate of drug-likeness (QED) is 0.520. The van der Waals surface area contributed by atoms with Gasteiger partial charge in [-0.25, -0.2) is 4.79 Å². The summed E-state index contributed by atoms with van der Waals surface area (Å²) in [7, 11) is 1.35. The fourth-order valence-corrected chi connectivity index (χ4v) is 3.95. The number of benzene rings is 2. The number of esters is 1. The van der Waals surface area contributed by atoms with Crippen LogP contribution in [0.3, 0.4) is 0 Å². The Labute approximate surface area is 177 Å². The summed E-state index contributed by atoms with van der Waals surface area (Å²) in [5, 5.41) is 2.98. The maximum absolute atomic E-state index is 12.9. The molecule has 0 saturated carbocycles. The summed E-state index contributed by atoms with van der Waals surface area (Å²) in [5.41, 5.74) is 3.04. The Hall–Kier alpha value is -2.18. The number of methoxy groups -OCH3 is 1. The van der Waals surface area contributed by atoms with Crippen molar-refractivity contribution < 1.29 is 35.8 Å². The summed E-state index contributed by atoms with van der Waals surface area (Å²) < 4.78 is 5.61. The lowest BCUT2D eigenvalue weighted by molar-refractivity contribution is -0.922. The zero-order valence-corrected chi connectivity index (χ0v) is 18.0. The minimum Gasteiger partial charge on any atom is -1.00 e. The van der Waals surface area contributed by atoms with Crippen LogP contribution in [0.2, 0.25) is 0 Å². The van der Waals surface area contributed by atoms with Crippen molar-refractivity contribution in [2.75, 3.05) is 32.1 Å². The number of para-hydroxylation sites is 1. The Morgan fingerprint density at radius 1 is 1.04 bits per heavy atom. The molecular weight excluding hydrogens is 420 g/mol. The first-order valence-corrected chi connectivity index (χ1v) is 9.40. The number of nitrogens with zero attached hydrogens (tertiary/aromatic N) is 1. The van der Waals surface area contributed by atoms with Crippen LogP contribution >= 0.6 is 0 Å². The lowest BCUT2D eigenvalue weighted by Crippen LogP contribution is -3.00. The van der Waals surface area contributed by atoms with Gasteiger partial charge in [0.1, 0.15) is 6.54 Å². The summed E-state index contributed by atoms with van der Waals surface area (Å²) in [6, 6.07) is 15.7. The third-order valence-corrected chi connectivity index (χ3v) is 5.30. The number of hydrogen-bond acceptors (Lipinski definition) is 3. The molecule has 1 heterocycles. The van der Waals surface area contributed by atoms with Crippen LogP contribution in [0.1, 0.15) is 34.3 Å². The molecule has 0 aliphatic carbocycles. The van der Waals surface area contributed by atoms with E-state index in [2.05, 4.69) is 17.4 Å². The molecule has 2 aromatic carbocycles. The lowest BCUT2D eigenvalue weighted by Gasteiger charge is -2.33. The zero-order chi connectivity index (χ0) is 19.3. The van der Waals surface area contributed by atoms with Crippen LogP contribution in [-0.4, -0.2) is 43.1 Å². The summed E-state index contributed by atoms with van der Waals surface area (Å²) in [4.78, 5) is 24.9. The van der Waals surface area contributed by atoms with Gasteiger partial charge in [0.15, 0.2) is 6.54 Å². The first-order chi connectivity index (χ1) is 13.0. The van der Waals surface area contributed by atoms with Gasteiger partial charge >= 0.3 is 5.97 Å². The monoisotopic (exact) mass is 446 g/mol. The van der Waals surface area contributed by atoms with E-state index in [1.807, 2.05) is 31.2 Å². The molecule has 1 aliphatic rings. The summed E-state index contributed by atoms with van der Waals surface area (Å²) >= 11 is 0. The van der Waals surface area contributed by atoms with E-state index in [1.165, 1.54) is 12.7 Å². The Kier molecular flexibility index (Phi) is 7.78. The Balaban J connectivity index is 0.00000280. The van der Waals surface area contributed by atoms with Crippen molar-refractivity contribution in [3.05, 3.63) is 65.2 Å². The second-order valence-corrected chi connectivity index (χ2v) is 7.34. The molecular formula is C22H27BrN2O3. The van der Waals surface area contributed by atoms with Crippen molar-refractivity contribution in [1.82, 2.24) is 0 Å². The van der Waals surface area contributed by atoms with E-state index in [-0.39, 0.29) is 22.9 Å². The number of anilines is 1. The predicted molar refractivity (Wildman–Crippen MR) is 105 cm³/mol. The molecule has 1 saturated heterocycles. The van der Waals surface area contributed by atoms with E-state index in [4.69, 9.17) is 4.74 Å². The molecule has 5 nitrogen and oxygen atoms in total. The molecule has 2 aromatic rings. The highest BCUT2D eigenvalue weighted by atomic mass is 79.9. The molecule has 0 bridgehead atoms. The number of halogens is 1. The molecule has 0 unspecified atom stereocenters. The SMILES string of the molecule is COC(=O)c1cccc(C)c1NC(=O)C[N+]1(Cc2ccccc2)CCCC1.[Br-]. The van der Waals surface area contributed by atoms with Gasteiger partial charge in [0.25, 0.3) is 5.91 Å². The first-order valence-electron chi connectivity index (χ1n) is 9.40. The molecule has 1 aliphatic heterocycles. The van der Waals surface area contributed by atoms with Crippen LogP contribution in [0.25, 0.3) is 0 Å². The van der Waals surface area contributed by atoms with E-state index < -0.39 is 5.97 Å². The largest absolute Gasteiger partial charge is 1.00 e. The molecule has 3 rings (SSSR count). The second kappa shape index (κ2) is 9.85. The Morgan fingerprint density at radius 2 is 1.71 bits per heavy atom. The molecule has 150 valence electrons. The standard InChI is InChI=1S/C22H26N2O3.BrH/c1-17-9-8-12-19(22(26)27-2)21(17)23-20(25)16-24(13-6-7-14-24)15-18-10-4-3-5-11-18;/h3-5,8-12H,6-7,13-16H2,1-2H3;1H. The van der Waals surface area contributed by atoms with E-state index in [9.17, 15) is 9.59 Å². The highest BCUT2D eigenvalue weighted by Crippen LogP contribution is 2.25. The number of amides is 1. The van der Waals surface area contributed by atoms with Gasteiger partial charge in [-0.3, -0.25) is 4.79 Å². The van der Waals surface area contributed by atoms with E-state index in [0.29, 0.717) is 17.8 Å². The van der Waals surface area contributed by atoms with Crippen LogP contribution in [-0.2, 0) is 16.1 Å². The number of likely N-dealkylation sites (tertiary alicyclic amines) is 1. The van der Waals surface area contributed by atoms with Gasteiger partial charge in [-0.2, -0.15) is 0 Å². The van der Waals surface area contributed by atoms with Crippen LogP contribution in [0.5, 0.6) is 0 Å². The zero-order valence-electron chi connectivity index (χ0n) is 16.4. The summed E-state index contributed by atoms with van der Waals surface area (Å²) in [6.07, 6.45) is 2.27. The number of quaternary nitrogens is 1. The molecule has 1 fully saturated rings. The molecule has 0 radical (unpaired) electrons. The van der Waals surface area contributed by atoms with E-state index in [0.717, 1.165) is 42.5 Å². The van der Waals surface area contributed by atoms with Gasteiger partial charge in [-0.15, -0.1) is 0 Å². The van der Waals surface area contributed by atoms with E-state index >= 15 is 0 Å². The average Bonchev–Trinajstić information content (AvgIpc) is 3.11. The van der Waals surface area contributed by atoms with Gasteiger partial charge in [0.2, 0.25) is 0 Å². The Morgan fingerprint density at radius 3 is 2.36 bits per heavy atom. The van der Waals surface area contributed by atoms with Crippen LogP contribution < -0.4 is 22.3 Å². The molecule has 6 heteroatoms. The Bertz CT molecular complexity index is 818. The lowest BCUT2D eigenvalue weighted by atomic mass is 10.1. The number of aryl methyl sites for hydroxylation is 1. The number of rotatable bonds is 6. The third kappa shape index (κ3) is 5.20. The summed E-state index contributed by atoms with van der Waals surface area (Å²) in [6.45, 7) is 5.14. The van der Waals surface area contributed by atoms with Crippen molar-refractivity contribution in [2.24, 2.45) is 0 Å². The van der Waals surface area contributed by atoms with Crippen molar-refractivity contribution in [2.45, 2.75) is 26.3 Å². The number of carbonyl (C=O) groups is 2. The van der Waals surface area contributed by atoms with Gasteiger partial charge in [-0.05, 0) is 18.6 Å². The molecule has 1 N–H and O–H groups in total. The topological polar surface area (TPSA) is 55.4 Å². The van der Waals surface area contributed by atoms with Crippen LogP contribution in [0, 0.1) is 6.92 Å². The van der Waals surface area contributed by atoms with Gasteiger partial charge in [0.05, 0.1) is 31.5 Å². The fraction of sp³-hybridized carbons (Fsp3) is 0.364. The van der Waals surface area contributed by atoms with Crippen molar-refractivity contribution in [3.63, 3.8) is 0 Å². The van der Waals surface area contributed by atoms with Crippen LogP contribution in [0.15, 0.2) is 48.5 Å². The normalized spacial score (nSPS) is 14.8. The first kappa shape index (κ1) is 22.1. The molecule has 1 amide bonds. The van der Waals surface area contributed by atoms with Gasteiger partial charge < -0.3 is 31.5 Å². The molecule has 28 heavy (non-hydrogen) atoms. The minimum atomic E-state index is -0.441. The second-order valence-electron chi connectivity index (χ2n) is 7.34. The third-order valence-electron chi connectivity index (χ3n) is 5.30. The smallest absolute Gasteiger partial charge is 0.339 e. The number of hydrogen-bond donors (Lipinski definition) is 1. The maximum atomic E-state index is 12.9. The van der Waals surface area contributed by atoms with Gasteiger partial charge in [-0.1, -0.05) is 42.5 Å². The minimum absolute atomic E-state index is 0. The molecule has 0 spiro atoms. The fourth-order valence-electron chi connectivity index (χ4n) is 3.95. The average molecular weight is 447 g/mol. The molecule has 0 aromatic heterocycles. The highest BCUT2D eigenvalue weighted by Gasteiger charge is 2.34. The van der Waals surface area contributed by atoms with Crippen LogP contribution in [0.4, 0.5) is 5.69 Å². The van der Waals surface area contributed by atoms with Crippen molar-refractivity contribution in [3.8, 4) is 0 Å². The van der Waals surface area contributed by atoms with Crippen molar-refractivity contribution in [1.29, 1.82) is 0 Å². The predicted octanol–water partition coefficient (Wildman–Crippen LogP) is 0.535. The van der Waals surface area contributed by atoms with Crippen molar-refractivity contribution >= 4 is 17.6 Å². The summed E-state index contributed by atoms with van der Waals surface area (Å²) in [5.74, 6) is -0.504. The van der Waals surface area contributed by atoms with Gasteiger partial charge in [0, 0.05) is 18.4 Å². The highest BCUT2D eigenvalue weighted by molar-refractivity contribution is 6.02. The number of nitrogens with one attached hydrogen (secondary N) is 1. The van der Waals surface area contributed by atoms with E-state index in [1.54, 1.807) is 12.1 Å².